The molecule has 1 aromatic carbocycles. The lowest BCUT2D eigenvalue weighted by Crippen LogP contribution is -2.37. The number of hydrogen-bond donors (Lipinski definition) is 2. The van der Waals surface area contributed by atoms with E-state index in [1.54, 1.807) is 24.3 Å². The van der Waals surface area contributed by atoms with Crippen molar-refractivity contribution in [3.05, 3.63) is 24.3 Å². The number of sulfonamides is 1. The van der Waals surface area contributed by atoms with Gasteiger partial charge in [-0.25, -0.2) is 8.42 Å². The van der Waals surface area contributed by atoms with E-state index in [4.69, 9.17) is 0 Å². The maximum Gasteiger partial charge on any atom is 0.299 e. The first-order valence-corrected chi connectivity index (χ1v) is 10.9. The van der Waals surface area contributed by atoms with Gasteiger partial charge in [0.2, 0.25) is 10.0 Å². The summed E-state index contributed by atoms with van der Waals surface area (Å²) in [4.78, 5) is 0. The van der Waals surface area contributed by atoms with E-state index in [-0.39, 0.29) is 11.8 Å². The van der Waals surface area contributed by atoms with Gasteiger partial charge in [0.1, 0.15) is 0 Å². The number of hydrogen-bond acceptors (Lipinski definition) is 4. The minimum atomic E-state index is -3.66. The van der Waals surface area contributed by atoms with E-state index in [0.29, 0.717) is 24.3 Å². The molecule has 0 bridgehead atoms. The topological polar surface area (TPSA) is 95.6 Å². The van der Waals surface area contributed by atoms with Crippen LogP contribution < -0.4 is 13.7 Å². The highest BCUT2D eigenvalue weighted by Gasteiger charge is 2.28. The minimum Gasteiger partial charge on any atom is -0.271 e. The van der Waals surface area contributed by atoms with Gasteiger partial charge in [0.05, 0.1) is 17.1 Å². The quantitative estimate of drug-likeness (QED) is 0.831. The Morgan fingerprint density at radius 2 is 1.87 bits per heavy atom. The van der Waals surface area contributed by atoms with E-state index in [0.717, 1.165) is 25.7 Å². The lowest BCUT2D eigenvalue weighted by molar-refractivity contribution is 0.557. The van der Waals surface area contributed by atoms with Crippen molar-refractivity contribution in [2.45, 2.75) is 38.1 Å². The summed E-state index contributed by atoms with van der Waals surface area (Å²) >= 11 is 0. The molecule has 2 aliphatic rings. The van der Waals surface area contributed by atoms with Crippen LogP contribution >= 0.6 is 0 Å². The van der Waals surface area contributed by atoms with E-state index in [9.17, 15) is 16.8 Å². The fraction of sp³-hybridized carbons (Fsp3) is 0.571. The lowest BCUT2D eigenvalue weighted by atomic mass is 10.3. The Balaban J connectivity index is 1.75. The highest BCUT2D eigenvalue weighted by molar-refractivity contribution is 7.93. The average molecular weight is 359 g/mol. The molecule has 2 fully saturated rings. The van der Waals surface area contributed by atoms with Crippen molar-refractivity contribution in [2.75, 3.05) is 21.3 Å². The molecule has 0 aromatic heterocycles. The molecule has 0 radical (unpaired) electrons. The van der Waals surface area contributed by atoms with Crippen molar-refractivity contribution in [3.63, 3.8) is 0 Å². The normalized spacial score (nSPS) is 21.7. The number of anilines is 2. The van der Waals surface area contributed by atoms with E-state index >= 15 is 0 Å². The third kappa shape index (κ3) is 3.96. The predicted octanol–water partition coefficient (Wildman–Crippen LogP) is 1.42. The van der Waals surface area contributed by atoms with E-state index in [2.05, 4.69) is 9.44 Å². The third-order valence-electron chi connectivity index (χ3n) is 4.16. The molecule has 128 valence electrons. The molecule has 0 amide bonds. The summed E-state index contributed by atoms with van der Waals surface area (Å²) < 4.78 is 54.7. The minimum absolute atomic E-state index is 0.0188. The molecule has 23 heavy (non-hydrogen) atoms. The van der Waals surface area contributed by atoms with Gasteiger partial charge in [0.25, 0.3) is 10.2 Å². The highest BCUT2D eigenvalue weighted by atomic mass is 32.2. The van der Waals surface area contributed by atoms with Crippen molar-refractivity contribution in [1.82, 2.24) is 4.72 Å². The van der Waals surface area contributed by atoms with Crippen LogP contribution in [0.2, 0.25) is 0 Å². The molecule has 1 saturated heterocycles. The summed E-state index contributed by atoms with van der Waals surface area (Å²) in [5.41, 5.74) is 0.846. The fourth-order valence-corrected chi connectivity index (χ4v) is 5.83. The van der Waals surface area contributed by atoms with Gasteiger partial charge < -0.3 is 0 Å². The summed E-state index contributed by atoms with van der Waals surface area (Å²) in [6.45, 7) is 0.429. The van der Waals surface area contributed by atoms with E-state index in [1.807, 2.05) is 0 Å². The maximum absolute atomic E-state index is 12.2. The predicted molar refractivity (Wildman–Crippen MR) is 90.1 cm³/mol. The molecule has 1 heterocycles. The van der Waals surface area contributed by atoms with Crippen LogP contribution in [0, 0.1) is 0 Å². The molecule has 1 aliphatic heterocycles. The van der Waals surface area contributed by atoms with Gasteiger partial charge in [-0.15, -0.1) is 0 Å². The summed E-state index contributed by atoms with van der Waals surface area (Å²) in [7, 11) is -6.93. The number of benzene rings is 1. The largest absolute Gasteiger partial charge is 0.299 e. The van der Waals surface area contributed by atoms with Crippen molar-refractivity contribution in [1.29, 1.82) is 0 Å². The molecular formula is C14H21N3O4S2. The van der Waals surface area contributed by atoms with Crippen LogP contribution in [0.3, 0.4) is 0 Å². The number of rotatable bonds is 5. The smallest absolute Gasteiger partial charge is 0.271 e. The Bertz CT molecular complexity index is 771. The first-order chi connectivity index (χ1) is 10.9. The van der Waals surface area contributed by atoms with Crippen molar-refractivity contribution < 1.29 is 16.8 Å². The molecule has 1 aromatic rings. The molecule has 3 rings (SSSR count). The molecule has 9 heteroatoms. The zero-order valence-corrected chi connectivity index (χ0v) is 14.4. The average Bonchev–Trinajstić information content (AvgIpc) is 3.07. The van der Waals surface area contributed by atoms with Gasteiger partial charge in [-0.3, -0.25) is 9.03 Å². The Morgan fingerprint density at radius 1 is 1.13 bits per heavy atom. The molecular weight excluding hydrogens is 338 g/mol. The van der Waals surface area contributed by atoms with Crippen LogP contribution in [0.5, 0.6) is 0 Å². The van der Waals surface area contributed by atoms with Gasteiger partial charge >= 0.3 is 0 Å². The van der Waals surface area contributed by atoms with Crippen LogP contribution in [0.15, 0.2) is 24.3 Å². The lowest BCUT2D eigenvalue weighted by Gasteiger charge is -2.18. The first-order valence-electron chi connectivity index (χ1n) is 7.76. The molecule has 7 nitrogen and oxygen atoms in total. The van der Waals surface area contributed by atoms with Crippen LogP contribution in [0.4, 0.5) is 11.4 Å². The maximum atomic E-state index is 12.2. The fourth-order valence-electron chi connectivity index (χ4n) is 3.10. The van der Waals surface area contributed by atoms with Crippen LogP contribution in [-0.2, 0) is 20.2 Å². The Kier molecular flexibility index (Phi) is 4.52. The van der Waals surface area contributed by atoms with Crippen molar-refractivity contribution >= 4 is 31.6 Å². The van der Waals surface area contributed by atoms with Crippen LogP contribution in [0.1, 0.15) is 32.1 Å². The van der Waals surface area contributed by atoms with Gasteiger partial charge in [0.15, 0.2) is 0 Å². The summed E-state index contributed by atoms with van der Waals surface area (Å²) in [6, 6.07) is 6.47. The number of nitrogens with one attached hydrogen (secondary N) is 2. The third-order valence-corrected chi connectivity index (χ3v) is 7.18. The molecule has 0 unspecified atom stereocenters. The second kappa shape index (κ2) is 6.29. The second-order valence-corrected chi connectivity index (χ2v) is 9.46. The van der Waals surface area contributed by atoms with E-state index < -0.39 is 20.2 Å². The molecule has 1 saturated carbocycles. The van der Waals surface area contributed by atoms with Crippen LogP contribution in [0.25, 0.3) is 0 Å². The zero-order chi connectivity index (χ0) is 16.5. The van der Waals surface area contributed by atoms with Crippen molar-refractivity contribution in [3.8, 4) is 0 Å². The van der Waals surface area contributed by atoms with Gasteiger partial charge in [-0.2, -0.15) is 13.1 Å². The van der Waals surface area contributed by atoms with Gasteiger partial charge in [0, 0.05) is 12.6 Å². The molecule has 1 aliphatic carbocycles. The second-order valence-electron chi connectivity index (χ2n) is 6.00. The monoisotopic (exact) mass is 359 g/mol. The molecule has 0 atom stereocenters. The SMILES string of the molecule is O=S(=O)(Nc1cccc(N2CCCS2(=O)=O)c1)NC1CCCC1. The number of nitrogens with zero attached hydrogens (tertiary/aromatic N) is 1. The zero-order valence-electron chi connectivity index (χ0n) is 12.7. The van der Waals surface area contributed by atoms with Crippen molar-refractivity contribution in [2.24, 2.45) is 0 Å². The highest BCUT2D eigenvalue weighted by Crippen LogP contribution is 2.27. The first kappa shape index (κ1) is 16.5. The summed E-state index contributed by atoms with van der Waals surface area (Å²) in [5.74, 6) is 0.131. The molecule has 0 spiro atoms. The Labute approximate surface area is 137 Å². The standard InChI is InChI=1S/C14H21N3O4S2/c18-22(19)10-4-9-17(22)14-8-3-7-13(11-14)16-23(20,21)15-12-5-1-2-6-12/h3,7-8,11-12,15-16H,1-2,4-6,9-10H2. The summed E-state index contributed by atoms with van der Waals surface area (Å²) in [5, 5.41) is 0. The Hall–Kier alpha value is -1.32. The van der Waals surface area contributed by atoms with Gasteiger partial charge in [-0.1, -0.05) is 18.9 Å². The van der Waals surface area contributed by atoms with Crippen LogP contribution in [-0.4, -0.2) is 35.2 Å². The summed E-state index contributed by atoms with van der Waals surface area (Å²) in [6.07, 6.45) is 4.37. The molecule has 2 N–H and O–H groups in total. The van der Waals surface area contributed by atoms with Gasteiger partial charge in [-0.05, 0) is 37.5 Å². The Morgan fingerprint density at radius 3 is 2.52 bits per heavy atom. The van der Waals surface area contributed by atoms with E-state index in [1.165, 1.54) is 4.31 Å².